The summed E-state index contributed by atoms with van der Waals surface area (Å²) in [5.41, 5.74) is 16.2. The summed E-state index contributed by atoms with van der Waals surface area (Å²) in [6, 6.07) is 98.7. The molecule has 16 aromatic rings. The summed E-state index contributed by atoms with van der Waals surface area (Å²) in [6.45, 7) is 0. The highest BCUT2D eigenvalue weighted by molar-refractivity contribution is 7.20. The second-order valence-electron chi connectivity index (χ2n) is 21.1. The molecule has 3 heterocycles. The van der Waals surface area contributed by atoms with Crippen molar-refractivity contribution in [3.63, 3.8) is 0 Å². The monoisotopic (exact) mass is 1070 g/mol. The van der Waals surface area contributed by atoms with Crippen molar-refractivity contribution >= 4 is 94.4 Å². The molecule has 0 bridgehead atoms. The number of aromatic nitrogens is 2. The van der Waals surface area contributed by atoms with Crippen molar-refractivity contribution in [1.29, 1.82) is 0 Å². The first kappa shape index (κ1) is 42.4. The quantitative estimate of drug-likeness (QED) is 0.0989. The van der Waals surface area contributed by atoms with Crippen LogP contribution in [-0.4, -0.2) is 17.2 Å². The lowest BCUT2D eigenvalue weighted by Crippen LogP contribution is -2.74. The van der Waals surface area contributed by atoms with Gasteiger partial charge in [-0.2, -0.15) is 0 Å². The molecule has 13 aromatic carbocycles. The highest BCUT2D eigenvalue weighted by Crippen LogP contribution is 2.45. The molecule has 0 atom stereocenters. The molecule has 82 heavy (non-hydrogen) atoms. The van der Waals surface area contributed by atoms with Crippen LogP contribution in [0.4, 0.5) is 0 Å². The summed E-state index contributed by atoms with van der Waals surface area (Å²) in [5.74, 6) is 0. The maximum absolute atomic E-state index is 9.86. The van der Waals surface area contributed by atoms with E-state index >= 15 is 0 Å². The Morgan fingerprint density at radius 3 is 1.48 bits per heavy atom. The second kappa shape index (κ2) is 19.4. The number of fused-ring (bicyclic) bond motifs is 9. The third-order valence-corrected chi connectivity index (χ3v) is 21.3. The standard InChI is InChI=1S/C78H52N2OSi/c1-6-25-53(26-7-1)68-51-60(82(57-29-10-3-11-30-57,58-31-12-4-13-32-58)59-33-14-5-15-34-59)52-69(54-27-8-2-9-28-54)78(68)80-73-43-22-19-38-64(73)70-50-56(46-47-74(70)80)79-72-42-21-18-37-63(72)67-41-24-40-66(77(67)79)62-36-17-16-35-61(62)55-45-48-76-71(49-55)65-39-20-23-44-75(65)81-76/h1-52H/i3D,10D,11D,29D,30D. The number of furan rings is 1. The number of hydrogen-bond donors (Lipinski definition) is 0. The van der Waals surface area contributed by atoms with Gasteiger partial charge in [0, 0.05) is 54.7 Å². The third-order valence-electron chi connectivity index (χ3n) is 16.7. The highest BCUT2D eigenvalue weighted by atomic mass is 28.3. The first-order valence-electron chi connectivity index (χ1n) is 30.3. The molecule has 384 valence electrons. The Hall–Kier alpha value is -10.5. The molecular weight excluding hydrogens is 1010 g/mol. The van der Waals surface area contributed by atoms with E-state index in [1.165, 1.54) is 0 Å². The lowest BCUT2D eigenvalue weighted by Gasteiger charge is -2.36. The van der Waals surface area contributed by atoms with Gasteiger partial charge in [-0.1, -0.05) is 267 Å². The van der Waals surface area contributed by atoms with Crippen molar-refractivity contribution in [3.05, 3.63) is 315 Å². The molecule has 0 unspecified atom stereocenters. The van der Waals surface area contributed by atoms with Gasteiger partial charge in [-0.05, 0) is 97.1 Å². The minimum absolute atomic E-state index is 0.203. The normalized spacial score (nSPS) is 12.8. The van der Waals surface area contributed by atoms with E-state index < -0.39 is 14.1 Å². The fraction of sp³-hybridized carbons (Fsp3) is 0. The lowest BCUT2D eigenvalue weighted by atomic mass is 9.92. The lowest BCUT2D eigenvalue weighted by molar-refractivity contribution is 0.669. The van der Waals surface area contributed by atoms with E-state index in [4.69, 9.17) is 5.79 Å². The predicted molar refractivity (Wildman–Crippen MR) is 348 cm³/mol. The van der Waals surface area contributed by atoms with Gasteiger partial charge in [0.25, 0.3) is 0 Å². The van der Waals surface area contributed by atoms with Crippen LogP contribution in [0.25, 0.3) is 121 Å². The molecule has 0 aliphatic rings. The van der Waals surface area contributed by atoms with Gasteiger partial charge in [0.2, 0.25) is 0 Å². The average molecular weight is 1070 g/mol. The van der Waals surface area contributed by atoms with Crippen molar-refractivity contribution in [2.24, 2.45) is 0 Å². The van der Waals surface area contributed by atoms with Crippen molar-refractivity contribution in [2.45, 2.75) is 0 Å². The van der Waals surface area contributed by atoms with Gasteiger partial charge < -0.3 is 13.6 Å². The van der Waals surface area contributed by atoms with Crippen molar-refractivity contribution in [3.8, 4) is 55.9 Å². The van der Waals surface area contributed by atoms with Gasteiger partial charge in [0.05, 0.1) is 34.6 Å². The van der Waals surface area contributed by atoms with Gasteiger partial charge in [-0.15, -0.1) is 0 Å². The van der Waals surface area contributed by atoms with Gasteiger partial charge in [-0.3, -0.25) is 0 Å². The number of para-hydroxylation sites is 4. The van der Waals surface area contributed by atoms with Gasteiger partial charge >= 0.3 is 0 Å². The predicted octanol–water partition coefficient (Wildman–Crippen LogP) is 17.8. The Bertz CT molecular complexity index is 5280. The molecule has 0 radical (unpaired) electrons. The molecule has 0 saturated heterocycles. The van der Waals surface area contributed by atoms with Gasteiger partial charge in [0.15, 0.2) is 8.07 Å². The molecule has 0 aliphatic heterocycles. The zero-order chi connectivity index (χ0) is 58.5. The third kappa shape index (κ3) is 7.42. The number of hydrogen-bond acceptors (Lipinski definition) is 1. The fourth-order valence-electron chi connectivity index (χ4n) is 13.2. The first-order valence-corrected chi connectivity index (χ1v) is 29.8. The molecular formula is C78H52N2OSi. The van der Waals surface area contributed by atoms with Gasteiger partial charge in [0.1, 0.15) is 11.2 Å². The van der Waals surface area contributed by atoms with Crippen LogP contribution in [0.1, 0.15) is 6.85 Å². The van der Waals surface area contributed by atoms with Gasteiger partial charge in [-0.25, -0.2) is 0 Å². The van der Waals surface area contributed by atoms with Crippen molar-refractivity contribution < 1.29 is 11.3 Å². The largest absolute Gasteiger partial charge is 0.456 e. The highest BCUT2D eigenvalue weighted by Gasteiger charge is 2.42. The van der Waals surface area contributed by atoms with Crippen LogP contribution in [0.5, 0.6) is 0 Å². The van der Waals surface area contributed by atoms with E-state index in [0.29, 0.717) is 5.19 Å². The smallest absolute Gasteiger partial charge is 0.179 e. The topological polar surface area (TPSA) is 23.0 Å². The molecule has 0 N–H and O–H groups in total. The van der Waals surface area contributed by atoms with E-state index in [0.717, 1.165) is 137 Å². The molecule has 3 aromatic heterocycles. The molecule has 0 amide bonds. The van der Waals surface area contributed by atoms with E-state index in [-0.39, 0.29) is 24.2 Å². The minimum Gasteiger partial charge on any atom is -0.456 e. The summed E-state index contributed by atoms with van der Waals surface area (Å²) in [5, 5.41) is 9.63. The van der Waals surface area contributed by atoms with E-state index in [1.54, 1.807) is 0 Å². The van der Waals surface area contributed by atoms with Crippen LogP contribution in [0.3, 0.4) is 0 Å². The molecule has 0 aliphatic carbocycles. The second-order valence-corrected chi connectivity index (χ2v) is 24.8. The van der Waals surface area contributed by atoms with Crippen LogP contribution in [0.15, 0.2) is 320 Å². The minimum atomic E-state index is -3.89. The maximum Gasteiger partial charge on any atom is 0.179 e. The average Bonchev–Trinajstić information content (AvgIpc) is 1.65. The Balaban J connectivity index is 0.979. The number of benzene rings is 13. The van der Waals surface area contributed by atoms with Crippen molar-refractivity contribution in [1.82, 2.24) is 9.13 Å². The molecule has 0 saturated carbocycles. The van der Waals surface area contributed by atoms with E-state index in [9.17, 15) is 5.48 Å². The van der Waals surface area contributed by atoms with Crippen LogP contribution in [0.2, 0.25) is 0 Å². The molecule has 16 rings (SSSR count). The molecule has 0 fully saturated rings. The fourth-order valence-corrected chi connectivity index (χ4v) is 17.7. The Morgan fingerprint density at radius 2 is 0.805 bits per heavy atom. The Morgan fingerprint density at radius 1 is 0.293 bits per heavy atom. The van der Waals surface area contributed by atoms with E-state index in [2.05, 4.69) is 234 Å². The van der Waals surface area contributed by atoms with Crippen LogP contribution in [0, 0.1) is 0 Å². The molecule has 3 nitrogen and oxygen atoms in total. The van der Waals surface area contributed by atoms with Crippen LogP contribution >= 0.6 is 0 Å². The van der Waals surface area contributed by atoms with Crippen molar-refractivity contribution in [2.75, 3.05) is 0 Å². The summed E-state index contributed by atoms with van der Waals surface area (Å²) in [6.07, 6.45) is 0. The number of rotatable bonds is 10. The summed E-state index contributed by atoms with van der Waals surface area (Å²) in [4.78, 5) is 0. The van der Waals surface area contributed by atoms with E-state index in [1.807, 2.05) is 60.7 Å². The number of nitrogens with zero attached hydrogens (tertiary/aromatic N) is 2. The van der Waals surface area contributed by atoms with Crippen LogP contribution in [-0.2, 0) is 0 Å². The zero-order valence-corrected chi connectivity index (χ0v) is 45.4. The maximum atomic E-state index is 9.86. The SMILES string of the molecule is [2H]c1c([2H])c([2H])c([Si](c2ccccc2)(c2ccccc2)c2cc(-c3ccccc3)c(-n3c4ccccc4c4cc(-n5c6ccccc6c6cccc(-c7ccccc7-c7ccc8oc9ccccc9c8c7)c65)ccc43)c(-c3ccccc3)c2)c([2H])c1[2H]. The molecule has 0 spiro atoms. The van der Waals surface area contributed by atoms with Crippen LogP contribution < -0.4 is 20.7 Å². The summed E-state index contributed by atoms with van der Waals surface area (Å²) >= 11 is 0. The first-order chi connectivity index (χ1) is 42.8. The zero-order valence-electron chi connectivity index (χ0n) is 49.4. The summed E-state index contributed by atoms with van der Waals surface area (Å²) < 4.78 is 58.2. The summed E-state index contributed by atoms with van der Waals surface area (Å²) in [7, 11) is -3.89. The Labute approximate surface area is 483 Å². The molecule has 4 heteroatoms. The Kier molecular flexibility index (Phi) is 10.0.